The Morgan fingerprint density at radius 3 is 3.00 bits per heavy atom. The number of ketones is 1. The zero-order chi connectivity index (χ0) is 12.9. The molecule has 1 spiro atoms. The smallest absolute Gasteiger partial charge is 0.176 e. The summed E-state index contributed by atoms with van der Waals surface area (Å²) in [5.74, 6) is 0.532. The molecule has 100 valence electrons. The van der Waals surface area contributed by atoms with Crippen LogP contribution in [-0.4, -0.2) is 18.0 Å². The Bertz CT molecular complexity index is 592. The van der Waals surface area contributed by atoms with Crippen molar-refractivity contribution >= 4 is 37.9 Å². The first-order chi connectivity index (χ1) is 9.26. The van der Waals surface area contributed by atoms with Crippen LogP contribution in [0.25, 0.3) is 9.40 Å². The third-order valence-electron chi connectivity index (χ3n) is 4.51. The minimum absolute atomic E-state index is 0.0627. The summed E-state index contributed by atoms with van der Waals surface area (Å²) in [6, 6.07) is 4.19. The molecule has 1 saturated heterocycles. The van der Waals surface area contributed by atoms with Gasteiger partial charge < -0.3 is 4.74 Å². The molecule has 0 N–H and O–H groups in total. The molecule has 19 heavy (non-hydrogen) atoms. The second-order valence-corrected chi connectivity index (χ2v) is 7.73. The molecule has 1 atom stereocenters. The van der Waals surface area contributed by atoms with Crippen molar-refractivity contribution in [2.45, 2.75) is 37.7 Å². The number of carbonyl (C=O) groups is 1. The molecule has 4 rings (SSSR count). The van der Waals surface area contributed by atoms with Gasteiger partial charge in [-0.2, -0.15) is 0 Å². The van der Waals surface area contributed by atoms with E-state index in [9.17, 15) is 4.79 Å². The minimum Gasteiger partial charge on any atom is -0.375 e. The number of rotatable bonds is 2. The Hall–Kier alpha value is -0.710. The van der Waals surface area contributed by atoms with Crippen molar-refractivity contribution in [2.24, 2.45) is 5.92 Å². The van der Waals surface area contributed by atoms with Crippen LogP contribution < -0.4 is 0 Å². The summed E-state index contributed by atoms with van der Waals surface area (Å²) in [7, 11) is 0. The Kier molecular flexibility index (Phi) is 2.79. The van der Waals surface area contributed by atoms with Crippen LogP contribution in [0.3, 0.4) is 0 Å². The molecular weight excluding hydrogens is 276 g/mol. The lowest BCUT2D eigenvalue weighted by molar-refractivity contribution is -0.137. The minimum atomic E-state index is 0.0627. The van der Waals surface area contributed by atoms with Gasteiger partial charge in [-0.1, -0.05) is 0 Å². The number of Topliss-reactive ketones (excluding diaryl/α,β-unsaturated/α-hetero) is 1. The van der Waals surface area contributed by atoms with E-state index in [1.807, 2.05) is 0 Å². The molecule has 3 heterocycles. The highest BCUT2D eigenvalue weighted by molar-refractivity contribution is 7.27. The Labute approximate surface area is 120 Å². The second-order valence-electron chi connectivity index (χ2n) is 5.70. The number of fused-ring (bicyclic) bond motifs is 1. The van der Waals surface area contributed by atoms with Gasteiger partial charge in [-0.25, -0.2) is 0 Å². The van der Waals surface area contributed by atoms with E-state index in [0.717, 1.165) is 37.2 Å². The van der Waals surface area contributed by atoms with Gasteiger partial charge >= 0.3 is 0 Å². The van der Waals surface area contributed by atoms with Gasteiger partial charge in [0, 0.05) is 21.9 Å². The zero-order valence-corrected chi connectivity index (χ0v) is 12.3. The Balaban J connectivity index is 1.57. The van der Waals surface area contributed by atoms with Gasteiger partial charge in [0.1, 0.15) is 0 Å². The van der Waals surface area contributed by atoms with Crippen molar-refractivity contribution in [1.29, 1.82) is 0 Å². The van der Waals surface area contributed by atoms with Gasteiger partial charge in [-0.05, 0) is 49.6 Å². The SMILES string of the molecule is O=C(c1cc2sccc2s1)C1CCOC2(CCC2)C1. The predicted octanol–water partition coefficient (Wildman–Crippen LogP) is 4.49. The van der Waals surface area contributed by atoms with E-state index in [1.165, 1.54) is 15.8 Å². The molecule has 2 aromatic rings. The first-order valence-electron chi connectivity index (χ1n) is 6.91. The van der Waals surface area contributed by atoms with E-state index in [-0.39, 0.29) is 11.5 Å². The van der Waals surface area contributed by atoms with Gasteiger partial charge in [-0.15, -0.1) is 22.7 Å². The highest BCUT2D eigenvalue weighted by Gasteiger charge is 2.44. The average Bonchev–Trinajstić information content (AvgIpc) is 2.97. The molecule has 1 aliphatic heterocycles. The van der Waals surface area contributed by atoms with Crippen LogP contribution in [0.1, 0.15) is 41.8 Å². The molecule has 2 aromatic heterocycles. The molecule has 2 fully saturated rings. The van der Waals surface area contributed by atoms with Crippen LogP contribution in [0.2, 0.25) is 0 Å². The number of hydrogen-bond donors (Lipinski definition) is 0. The van der Waals surface area contributed by atoms with Crippen LogP contribution in [0.5, 0.6) is 0 Å². The largest absolute Gasteiger partial charge is 0.375 e. The van der Waals surface area contributed by atoms with Crippen LogP contribution in [0.15, 0.2) is 17.5 Å². The van der Waals surface area contributed by atoms with Gasteiger partial charge in [0.15, 0.2) is 5.78 Å². The summed E-state index contributed by atoms with van der Waals surface area (Å²) in [5, 5.41) is 2.09. The molecule has 1 unspecified atom stereocenters. The van der Waals surface area contributed by atoms with Gasteiger partial charge in [0.05, 0.1) is 10.5 Å². The predicted molar refractivity (Wildman–Crippen MR) is 79.3 cm³/mol. The van der Waals surface area contributed by atoms with Crippen molar-refractivity contribution < 1.29 is 9.53 Å². The van der Waals surface area contributed by atoms with Crippen molar-refractivity contribution in [2.75, 3.05) is 6.61 Å². The number of carbonyl (C=O) groups excluding carboxylic acids is 1. The maximum atomic E-state index is 12.7. The molecule has 1 aliphatic carbocycles. The monoisotopic (exact) mass is 292 g/mol. The molecule has 2 nitrogen and oxygen atoms in total. The lowest BCUT2D eigenvalue weighted by Crippen LogP contribution is -2.46. The molecule has 0 radical (unpaired) electrons. The number of hydrogen-bond acceptors (Lipinski definition) is 4. The van der Waals surface area contributed by atoms with Crippen LogP contribution in [-0.2, 0) is 4.74 Å². The van der Waals surface area contributed by atoms with Crippen molar-refractivity contribution in [3.63, 3.8) is 0 Å². The van der Waals surface area contributed by atoms with Crippen LogP contribution >= 0.6 is 22.7 Å². The molecule has 4 heteroatoms. The topological polar surface area (TPSA) is 26.3 Å². The fraction of sp³-hybridized carbons (Fsp3) is 0.533. The zero-order valence-electron chi connectivity index (χ0n) is 10.7. The first kappa shape index (κ1) is 12.1. The summed E-state index contributed by atoms with van der Waals surface area (Å²) < 4.78 is 8.41. The standard InChI is InChI=1S/C15H16O2S2/c16-14(13-8-12-11(19-13)3-7-18-12)10-2-6-17-15(9-10)4-1-5-15/h3,7-8,10H,1-2,4-6,9H2. The van der Waals surface area contributed by atoms with Crippen LogP contribution in [0.4, 0.5) is 0 Å². The average molecular weight is 292 g/mol. The summed E-state index contributed by atoms with van der Waals surface area (Å²) in [5.41, 5.74) is 0.0627. The maximum Gasteiger partial charge on any atom is 0.176 e. The maximum absolute atomic E-state index is 12.7. The van der Waals surface area contributed by atoms with E-state index >= 15 is 0 Å². The summed E-state index contributed by atoms with van der Waals surface area (Å²) in [4.78, 5) is 13.6. The molecule has 2 aliphatic rings. The highest BCUT2D eigenvalue weighted by Crippen LogP contribution is 2.45. The molecule has 1 saturated carbocycles. The lowest BCUT2D eigenvalue weighted by atomic mass is 9.71. The fourth-order valence-electron chi connectivity index (χ4n) is 3.26. The molecule has 0 amide bonds. The van der Waals surface area contributed by atoms with Gasteiger partial charge in [0.2, 0.25) is 0 Å². The molecule has 0 aromatic carbocycles. The van der Waals surface area contributed by atoms with Crippen molar-refractivity contribution in [3.05, 3.63) is 22.4 Å². The molecule has 0 bridgehead atoms. The Morgan fingerprint density at radius 1 is 1.37 bits per heavy atom. The lowest BCUT2D eigenvalue weighted by Gasteiger charge is -2.46. The summed E-state index contributed by atoms with van der Waals surface area (Å²) in [6.45, 7) is 0.760. The van der Waals surface area contributed by atoms with Gasteiger partial charge in [-0.3, -0.25) is 4.79 Å². The summed E-state index contributed by atoms with van der Waals surface area (Å²) in [6.07, 6.45) is 5.39. The third kappa shape index (κ3) is 1.97. The third-order valence-corrected chi connectivity index (χ3v) is 6.62. The molecular formula is C15H16O2S2. The normalized spacial score (nSPS) is 25.6. The van der Waals surface area contributed by atoms with Crippen LogP contribution in [0, 0.1) is 5.92 Å². The van der Waals surface area contributed by atoms with E-state index in [2.05, 4.69) is 17.5 Å². The number of ether oxygens (including phenoxy) is 1. The van der Waals surface area contributed by atoms with E-state index in [4.69, 9.17) is 4.74 Å². The van der Waals surface area contributed by atoms with E-state index in [1.54, 1.807) is 22.7 Å². The highest BCUT2D eigenvalue weighted by atomic mass is 32.1. The van der Waals surface area contributed by atoms with Crippen molar-refractivity contribution in [1.82, 2.24) is 0 Å². The number of thiophene rings is 2. The van der Waals surface area contributed by atoms with E-state index < -0.39 is 0 Å². The fourth-order valence-corrected chi connectivity index (χ4v) is 5.39. The first-order valence-corrected chi connectivity index (χ1v) is 8.61. The van der Waals surface area contributed by atoms with Gasteiger partial charge in [0.25, 0.3) is 0 Å². The second kappa shape index (κ2) is 4.40. The Morgan fingerprint density at radius 2 is 2.26 bits per heavy atom. The quantitative estimate of drug-likeness (QED) is 0.762. The summed E-state index contributed by atoms with van der Waals surface area (Å²) >= 11 is 3.37. The van der Waals surface area contributed by atoms with Crippen molar-refractivity contribution in [3.8, 4) is 0 Å². The van der Waals surface area contributed by atoms with E-state index in [0.29, 0.717) is 5.78 Å².